The van der Waals surface area contributed by atoms with E-state index in [1.807, 2.05) is 0 Å². The summed E-state index contributed by atoms with van der Waals surface area (Å²) in [6.07, 6.45) is 0. The van der Waals surface area contributed by atoms with Gasteiger partial charge in [-0.05, 0) is 19.1 Å². The summed E-state index contributed by atoms with van der Waals surface area (Å²) >= 11 is 0. The van der Waals surface area contributed by atoms with Crippen LogP contribution in [-0.2, 0) is 4.74 Å². The van der Waals surface area contributed by atoms with Crippen molar-refractivity contribution in [2.75, 3.05) is 20.3 Å². The summed E-state index contributed by atoms with van der Waals surface area (Å²) in [7, 11) is 1.55. The van der Waals surface area contributed by atoms with Gasteiger partial charge in [0.1, 0.15) is 12.2 Å². The number of ether oxygens (including phenoxy) is 2. The number of nitrogens with zero attached hydrogens (tertiary/aromatic N) is 1. The van der Waals surface area contributed by atoms with Crippen molar-refractivity contribution in [1.29, 1.82) is 0 Å². The Morgan fingerprint density at radius 1 is 1.47 bits per heavy atom. The topological polar surface area (TPSA) is 68.7 Å². The number of pyridine rings is 1. The van der Waals surface area contributed by atoms with E-state index in [0.717, 1.165) is 0 Å². The number of carboxylic acid groups (broad SMARTS) is 1. The van der Waals surface area contributed by atoms with Crippen LogP contribution in [0.4, 0.5) is 0 Å². The molecule has 1 aromatic rings. The zero-order valence-electron chi connectivity index (χ0n) is 8.69. The second-order valence-electron chi connectivity index (χ2n) is 2.95. The summed E-state index contributed by atoms with van der Waals surface area (Å²) in [5.74, 6) is -0.908. The number of aromatic carboxylic acids is 1. The molecule has 0 amide bonds. The van der Waals surface area contributed by atoms with Crippen LogP contribution in [0.2, 0.25) is 0 Å². The van der Waals surface area contributed by atoms with Gasteiger partial charge in [-0.1, -0.05) is 0 Å². The normalized spacial score (nSPS) is 10.0. The van der Waals surface area contributed by atoms with Crippen molar-refractivity contribution in [1.82, 2.24) is 4.98 Å². The van der Waals surface area contributed by atoms with Crippen molar-refractivity contribution in [2.24, 2.45) is 0 Å². The number of rotatable bonds is 5. The van der Waals surface area contributed by atoms with Crippen molar-refractivity contribution >= 4 is 5.97 Å². The molecular weight excluding hydrogens is 198 g/mol. The highest BCUT2D eigenvalue weighted by Gasteiger charge is 2.12. The monoisotopic (exact) mass is 211 g/mol. The molecule has 1 N–H and O–H groups in total. The van der Waals surface area contributed by atoms with Crippen molar-refractivity contribution in [3.8, 4) is 5.88 Å². The number of aromatic nitrogens is 1. The minimum Gasteiger partial charge on any atom is -0.477 e. The van der Waals surface area contributed by atoms with Crippen molar-refractivity contribution in [2.45, 2.75) is 6.92 Å². The van der Waals surface area contributed by atoms with Crippen LogP contribution in [0.1, 0.15) is 16.1 Å². The molecule has 0 saturated heterocycles. The lowest BCUT2D eigenvalue weighted by Crippen LogP contribution is -2.10. The van der Waals surface area contributed by atoms with Gasteiger partial charge < -0.3 is 14.6 Å². The van der Waals surface area contributed by atoms with Crippen LogP contribution < -0.4 is 4.74 Å². The second-order valence-corrected chi connectivity index (χ2v) is 2.95. The lowest BCUT2D eigenvalue weighted by atomic mass is 10.2. The molecule has 5 heteroatoms. The lowest BCUT2D eigenvalue weighted by Gasteiger charge is -2.07. The number of carboxylic acids is 1. The van der Waals surface area contributed by atoms with E-state index in [1.165, 1.54) is 6.07 Å². The molecule has 0 fully saturated rings. The van der Waals surface area contributed by atoms with E-state index < -0.39 is 5.97 Å². The first-order valence-electron chi connectivity index (χ1n) is 4.48. The SMILES string of the molecule is COCCOc1nc(C)ccc1C(=O)O. The molecular formula is C10H13NO4. The molecule has 0 unspecified atom stereocenters. The molecule has 1 aromatic heterocycles. The van der Waals surface area contributed by atoms with E-state index in [4.69, 9.17) is 14.6 Å². The van der Waals surface area contributed by atoms with Crippen LogP contribution in [-0.4, -0.2) is 36.4 Å². The van der Waals surface area contributed by atoms with Gasteiger partial charge in [-0.2, -0.15) is 0 Å². The fourth-order valence-corrected chi connectivity index (χ4v) is 1.03. The van der Waals surface area contributed by atoms with E-state index in [-0.39, 0.29) is 18.1 Å². The summed E-state index contributed by atoms with van der Waals surface area (Å²) in [6, 6.07) is 3.11. The summed E-state index contributed by atoms with van der Waals surface area (Å²) < 4.78 is 10.00. The molecule has 0 aliphatic rings. The Kier molecular flexibility index (Phi) is 4.05. The molecule has 15 heavy (non-hydrogen) atoms. The van der Waals surface area contributed by atoms with Crippen LogP contribution >= 0.6 is 0 Å². The van der Waals surface area contributed by atoms with Gasteiger partial charge >= 0.3 is 5.97 Å². The Morgan fingerprint density at radius 2 is 2.20 bits per heavy atom. The highest BCUT2D eigenvalue weighted by atomic mass is 16.5. The Morgan fingerprint density at radius 3 is 2.80 bits per heavy atom. The van der Waals surface area contributed by atoms with Gasteiger partial charge in [0.2, 0.25) is 5.88 Å². The first-order chi connectivity index (χ1) is 7.15. The molecule has 0 aliphatic heterocycles. The molecule has 0 spiro atoms. The highest BCUT2D eigenvalue weighted by Crippen LogP contribution is 2.15. The second kappa shape index (κ2) is 5.31. The van der Waals surface area contributed by atoms with Gasteiger partial charge in [-0.15, -0.1) is 0 Å². The molecule has 5 nitrogen and oxygen atoms in total. The number of methoxy groups -OCH3 is 1. The third-order valence-corrected chi connectivity index (χ3v) is 1.76. The average molecular weight is 211 g/mol. The summed E-state index contributed by atoms with van der Waals surface area (Å²) in [6.45, 7) is 2.46. The molecule has 0 aromatic carbocycles. The zero-order chi connectivity index (χ0) is 11.3. The van der Waals surface area contributed by atoms with Gasteiger partial charge in [0.15, 0.2) is 0 Å². The standard InChI is InChI=1S/C10H13NO4/c1-7-3-4-8(10(12)13)9(11-7)15-6-5-14-2/h3-4H,5-6H2,1-2H3,(H,12,13). The molecule has 0 aliphatic carbocycles. The van der Waals surface area contributed by atoms with E-state index in [1.54, 1.807) is 20.1 Å². The number of aryl methyl sites for hydroxylation is 1. The Bertz CT molecular complexity index is 351. The third kappa shape index (κ3) is 3.21. The molecule has 1 rings (SSSR count). The maximum Gasteiger partial charge on any atom is 0.341 e. The van der Waals surface area contributed by atoms with Crippen LogP contribution in [0.15, 0.2) is 12.1 Å². The molecule has 82 valence electrons. The predicted molar refractivity (Wildman–Crippen MR) is 53.3 cm³/mol. The predicted octanol–water partition coefficient (Wildman–Crippen LogP) is 1.11. The first-order valence-corrected chi connectivity index (χ1v) is 4.48. The van der Waals surface area contributed by atoms with E-state index in [9.17, 15) is 4.79 Å². The number of carbonyl (C=O) groups is 1. The van der Waals surface area contributed by atoms with Gasteiger partial charge in [-0.3, -0.25) is 0 Å². The smallest absolute Gasteiger partial charge is 0.341 e. The van der Waals surface area contributed by atoms with Gasteiger partial charge in [0, 0.05) is 12.8 Å². The summed E-state index contributed by atoms with van der Waals surface area (Å²) in [5, 5.41) is 8.86. The van der Waals surface area contributed by atoms with Gasteiger partial charge in [-0.25, -0.2) is 9.78 Å². The number of hydrogen-bond donors (Lipinski definition) is 1. The minimum atomic E-state index is -1.05. The fourth-order valence-electron chi connectivity index (χ4n) is 1.03. The molecule has 0 atom stereocenters. The fraction of sp³-hybridized carbons (Fsp3) is 0.400. The van der Waals surface area contributed by atoms with Crippen LogP contribution in [0.25, 0.3) is 0 Å². The molecule has 0 radical (unpaired) electrons. The zero-order valence-corrected chi connectivity index (χ0v) is 8.69. The van der Waals surface area contributed by atoms with Crippen LogP contribution in [0.5, 0.6) is 5.88 Å². The van der Waals surface area contributed by atoms with Crippen LogP contribution in [0, 0.1) is 6.92 Å². The van der Waals surface area contributed by atoms with E-state index >= 15 is 0 Å². The Labute approximate surface area is 87.7 Å². The van der Waals surface area contributed by atoms with Crippen molar-refractivity contribution in [3.05, 3.63) is 23.4 Å². The molecule has 0 saturated carbocycles. The average Bonchev–Trinajstić information content (AvgIpc) is 2.18. The minimum absolute atomic E-state index is 0.0664. The molecule has 0 bridgehead atoms. The largest absolute Gasteiger partial charge is 0.477 e. The maximum atomic E-state index is 10.8. The van der Waals surface area contributed by atoms with Crippen LogP contribution in [0.3, 0.4) is 0 Å². The van der Waals surface area contributed by atoms with E-state index in [2.05, 4.69) is 4.98 Å². The first kappa shape index (κ1) is 11.5. The van der Waals surface area contributed by atoms with Crippen molar-refractivity contribution < 1.29 is 19.4 Å². The maximum absolute atomic E-state index is 10.8. The third-order valence-electron chi connectivity index (χ3n) is 1.76. The lowest BCUT2D eigenvalue weighted by molar-refractivity contribution is 0.0688. The molecule has 1 heterocycles. The number of hydrogen-bond acceptors (Lipinski definition) is 4. The summed E-state index contributed by atoms with van der Waals surface area (Å²) in [5.41, 5.74) is 0.782. The Balaban J connectivity index is 2.82. The summed E-state index contributed by atoms with van der Waals surface area (Å²) in [4.78, 5) is 14.8. The quantitative estimate of drug-likeness (QED) is 0.739. The Hall–Kier alpha value is -1.62. The highest BCUT2D eigenvalue weighted by molar-refractivity contribution is 5.90. The van der Waals surface area contributed by atoms with Gasteiger partial charge in [0.05, 0.1) is 6.61 Å². The van der Waals surface area contributed by atoms with Crippen molar-refractivity contribution in [3.63, 3.8) is 0 Å². The van der Waals surface area contributed by atoms with E-state index in [0.29, 0.717) is 12.3 Å². The van der Waals surface area contributed by atoms with Gasteiger partial charge in [0.25, 0.3) is 0 Å².